The number of benzene rings is 2. The van der Waals surface area contributed by atoms with Crippen LogP contribution in [0.4, 0.5) is 0 Å². The maximum absolute atomic E-state index is 12.3. The van der Waals surface area contributed by atoms with Crippen LogP contribution in [-0.2, 0) is 4.79 Å². The first-order valence-corrected chi connectivity index (χ1v) is 8.12. The molecule has 0 amide bonds. The van der Waals surface area contributed by atoms with Crippen molar-refractivity contribution in [3.05, 3.63) is 46.8 Å². The van der Waals surface area contributed by atoms with E-state index < -0.39 is 12.0 Å². The number of carboxylic acids is 1. The van der Waals surface area contributed by atoms with Crippen LogP contribution in [0.2, 0.25) is 0 Å². The number of carboxylic acid groups (broad SMARTS) is 1. The van der Waals surface area contributed by atoms with Crippen molar-refractivity contribution in [1.29, 1.82) is 0 Å². The highest BCUT2D eigenvalue weighted by molar-refractivity contribution is 5.83. The minimum absolute atomic E-state index is 0.0208. The number of aromatic nitrogens is 2. The van der Waals surface area contributed by atoms with E-state index in [1.54, 1.807) is 26.0 Å². The highest BCUT2D eigenvalue weighted by atomic mass is 16.5. The number of para-hydroxylation sites is 2. The molecule has 0 unspecified atom stereocenters. The van der Waals surface area contributed by atoms with Crippen LogP contribution in [0.15, 0.2) is 36.4 Å². The lowest BCUT2D eigenvalue weighted by Gasteiger charge is -2.09. The second-order valence-corrected chi connectivity index (χ2v) is 6.17. The summed E-state index contributed by atoms with van der Waals surface area (Å²) >= 11 is 0. The average molecular weight is 375 g/mol. The summed E-state index contributed by atoms with van der Waals surface area (Å²) in [4.78, 5) is 10.0. The average Bonchev–Trinajstić information content (AvgIpc) is 2.64. The Morgan fingerprint density at radius 1 is 1.07 bits per heavy atom. The van der Waals surface area contributed by atoms with E-state index in [4.69, 9.17) is 15.6 Å². The van der Waals surface area contributed by atoms with Gasteiger partial charge in [-0.05, 0) is 18.1 Å². The van der Waals surface area contributed by atoms with Crippen molar-refractivity contribution in [3.63, 3.8) is 0 Å². The first-order chi connectivity index (χ1) is 12.7. The number of methoxy groups -OCH3 is 1. The van der Waals surface area contributed by atoms with Crippen molar-refractivity contribution in [2.24, 2.45) is 11.7 Å². The summed E-state index contributed by atoms with van der Waals surface area (Å²) in [6.07, 6.45) is 0. The van der Waals surface area contributed by atoms with Crippen LogP contribution in [0.1, 0.15) is 13.8 Å². The van der Waals surface area contributed by atoms with E-state index in [0.717, 1.165) is 0 Å². The molecule has 3 rings (SSSR count). The maximum Gasteiger partial charge on any atom is 0.332 e. The lowest BCUT2D eigenvalue weighted by molar-refractivity contribution is -0.591. The molecule has 0 aliphatic rings. The summed E-state index contributed by atoms with van der Waals surface area (Å²) in [5.74, 6) is -0.836. The Bertz CT molecular complexity index is 990. The molecule has 4 N–H and O–H groups in total. The molecule has 1 atom stereocenters. The second-order valence-electron chi connectivity index (χ2n) is 6.17. The summed E-state index contributed by atoms with van der Waals surface area (Å²) in [5.41, 5.74) is 5.47. The minimum Gasteiger partial charge on any atom is -0.617 e. The van der Waals surface area contributed by atoms with Crippen LogP contribution in [0, 0.1) is 16.3 Å². The Hall–Kier alpha value is -3.33. The fraction of sp³-hybridized carbons (Fsp3) is 0.278. The SMILES string of the molecule is CC(C)[C@H](N)C(=O)O.COc1cccc2c1[n+]([O-])c1cccc(O)c1[n+]2[O-]. The van der Waals surface area contributed by atoms with Gasteiger partial charge in [-0.2, -0.15) is 9.46 Å². The molecule has 0 bridgehead atoms. The fourth-order valence-corrected chi connectivity index (χ4v) is 2.46. The van der Waals surface area contributed by atoms with Crippen molar-refractivity contribution in [2.45, 2.75) is 19.9 Å². The van der Waals surface area contributed by atoms with Crippen LogP contribution in [0.5, 0.6) is 11.5 Å². The van der Waals surface area contributed by atoms with E-state index >= 15 is 0 Å². The molecule has 0 saturated heterocycles. The molecule has 2 aromatic carbocycles. The molecule has 0 saturated carbocycles. The Labute approximate surface area is 155 Å². The standard InChI is InChI=1S/C13H10N2O4.C5H11NO2/c1-19-11-7-3-5-9-13(11)15(18)8-4-2-6-10(16)12(8)14(9)17;1-3(2)4(6)5(7)8/h2-7,16H,1H3;3-4H,6H2,1-2H3,(H,7,8)/t;4-/m.0/s1. The van der Waals surface area contributed by atoms with Crippen LogP contribution in [0.25, 0.3) is 22.1 Å². The number of nitrogens with zero attached hydrogens (tertiary/aromatic N) is 2. The quantitative estimate of drug-likeness (QED) is 0.352. The van der Waals surface area contributed by atoms with E-state index in [-0.39, 0.29) is 33.7 Å². The number of hydrogen-bond donors (Lipinski definition) is 3. The zero-order chi connectivity index (χ0) is 20.3. The monoisotopic (exact) mass is 375 g/mol. The second kappa shape index (κ2) is 7.92. The fourth-order valence-electron chi connectivity index (χ4n) is 2.46. The van der Waals surface area contributed by atoms with Gasteiger partial charge < -0.3 is 31.1 Å². The number of fused-ring (bicyclic) bond motifs is 2. The summed E-state index contributed by atoms with van der Waals surface area (Å²) in [6.45, 7) is 3.55. The van der Waals surface area contributed by atoms with Gasteiger partial charge >= 0.3 is 17.0 Å². The third kappa shape index (κ3) is 3.77. The molecular weight excluding hydrogens is 354 g/mol. The third-order valence-electron chi connectivity index (χ3n) is 4.04. The van der Waals surface area contributed by atoms with Gasteiger partial charge in [-0.3, -0.25) is 4.79 Å². The predicted octanol–water partition coefficient (Wildman–Crippen LogP) is 1.03. The Morgan fingerprint density at radius 3 is 2.07 bits per heavy atom. The van der Waals surface area contributed by atoms with E-state index in [1.165, 1.54) is 31.4 Å². The molecule has 0 fully saturated rings. The molecule has 27 heavy (non-hydrogen) atoms. The summed E-state index contributed by atoms with van der Waals surface area (Å²) in [5, 5.41) is 42.6. The lowest BCUT2D eigenvalue weighted by atomic mass is 10.1. The minimum atomic E-state index is -0.931. The molecule has 3 aromatic rings. The number of hydrogen-bond acceptors (Lipinski definition) is 6. The lowest BCUT2D eigenvalue weighted by Crippen LogP contribution is -2.39. The Balaban J connectivity index is 0.000000279. The highest BCUT2D eigenvalue weighted by Gasteiger charge is 2.26. The van der Waals surface area contributed by atoms with Crippen LogP contribution < -0.4 is 19.9 Å². The highest BCUT2D eigenvalue weighted by Crippen LogP contribution is 2.25. The maximum atomic E-state index is 12.3. The van der Waals surface area contributed by atoms with Crippen molar-refractivity contribution in [2.75, 3.05) is 7.11 Å². The zero-order valence-electron chi connectivity index (χ0n) is 15.1. The van der Waals surface area contributed by atoms with E-state index in [0.29, 0.717) is 15.2 Å². The normalized spacial score (nSPS) is 11.9. The molecule has 1 aromatic heterocycles. The number of rotatable bonds is 3. The van der Waals surface area contributed by atoms with Gasteiger partial charge in [0.1, 0.15) is 6.04 Å². The van der Waals surface area contributed by atoms with Gasteiger partial charge in [-0.15, -0.1) is 0 Å². The smallest absolute Gasteiger partial charge is 0.332 e. The number of ether oxygens (including phenoxy) is 1. The van der Waals surface area contributed by atoms with Crippen molar-refractivity contribution in [1.82, 2.24) is 0 Å². The van der Waals surface area contributed by atoms with Gasteiger partial charge in [0.25, 0.3) is 11.0 Å². The first kappa shape index (κ1) is 20.0. The van der Waals surface area contributed by atoms with Crippen molar-refractivity contribution < 1.29 is 29.2 Å². The number of phenols is 1. The van der Waals surface area contributed by atoms with Gasteiger partial charge in [0.15, 0.2) is 11.5 Å². The topological polar surface area (TPSA) is 147 Å². The first-order valence-electron chi connectivity index (χ1n) is 8.12. The molecule has 1 heterocycles. The number of nitrogens with two attached hydrogens (primary N) is 1. The van der Waals surface area contributed by atoms with Gasteiger partial charge in [0.2, 0.25) is 0 Å². The predicted molar refractivity (Wildman–Crippen MR) is 98.0 cm³/mol. The van der Waals surface area contributed by atoms with E-state index in [2.05, 4.69) is 0 Å². The van der Waals surface area contributed by atoms with Gasteiger partial charge in [0, 0.05) is 12.1 Å². The molecule has 0 aliphatic heterocycles. The zero-order valence-corrected chi connectivity index (χ0v) is 15.1. The summed E-state index contributed by atoms with van der Waals surface area (Å²) in [6, 6.07) is 8.35. The number of aliphatic carboxylic acids is 1. The summed E-state index contributed by atoms with van der Waals surface area (Å²) < 4.78 is 6.24. The molecule has 9 nitrogen and oxygen atoms in total. The molecular formula is C18H21N3O6. The van der Waals surface area contributed by atoms with Crippen molar-refractivity contribution in [3.8, 4) is 11.5 Å². The van der Waals surface area contributed by atoms with E-state index in [9.17, 15) is 20.3 Å². The molecule has 0 aliphatic carbocycles. The number of phenolic OH excluding ortho intramolecular Hbond substituents is 1. The number of carbonyl (C=O) groups is 1. The van der Waals surface area contributed by atoms with Gasteiger partial charge in [0.05, 0.1) is 7.11 Å². The molecule has 0 radical (unpaired) electrons. The summed E-state index contributed by atoms with van der Waals surface area (Å²) in [7, 11) is 1.43. The van der Waals surface area contributed by atoms with Crippen LogP contribution >= 0.6 is 0 Å². The van der Waals surface area contributed by atoms with Crippen LogP contribution in [0.3, 0.4) is 0 Å². The molecule has 144 valence electrons. The largest absolute Gasteiger partial charge is 0.617 e. The molecule has 9 heteroatoms. The van der Waals surface area contributed by atoms with Gasteiger partial charge in [-0.1, -0.05) is 26.0 Å². The Morgan fingerprint density at radius 2 is 1.59 bits per heavy atom. The molecule has 0 spiro atoms. The number of aromatic hydroxyl groups is 1. The van der Waals surface area contributed by atoms with Crippen molar-refractivity contribution >= 4 is 28.0 Å². The van der Waals surface area contributed by atoms with E-state index in [1.807, 2.05) is 0 Å². The Kier molecular flexibility index (Phi) is 5.86. The third-order valence-corrected chi connectivity index (χ3v) is 4.04. The van der Waals surface area contributed by atoms with Crippen LogP contribution in [-0.4, -0.2) is 29.3 Å². The van der Waals surface area contributed by atoms with Gasteiger partial charge in [-0.25, -0.2) is 0 Å².